The molecule has 0 saturated carbocycles. The Labute approximate surface area is 170 Å². The van der Waals surface area contributed by atoms with Crippen molar-refractivity contribution in [2.24, 2.45) is 0 Å². The van der Waals surface area contributed by atoms with Gasteiger partial charge >= 0.3 is 0 Å². The van der Waals surface area contributed by atoms with Crippen molar-refractivity contribution in [3.8, 4) is 11.5 Å². The predicted octanol–water partition coefficient (Wildman–Crippen LogP) is 3.08. The first kappa shape index (κ1) is 20.1. The number of methoxy groups -OCH3 is 2. The molecule has 29 heavy (non-hydrogen) atoms. The van der Waals surface area contributed by atoms with E-state index in [0.717, 1.165) is 22.6 Å². The van der Waals surface area contributed by atoms with Crippen LogP contribution in [0.2, 0.25) is 0 Å². The summed E-state index contributed by atoms with van der Waals surface area (Å²) in [4.78, 5) is 20.7. The van der Waals surface area contributed by atoms with E-state index in [1.54, 1.807) is 14.2 Å². The van der Waals surface area contributed by atoms with Crippen molar-refractivity contribution in [3.05, 3.63) is 77.6 Å². The number of anilines is 1. The van der Waals surface area contributed by atoms with Gasteiger partial charge in [-0.15, -0.1) is 0 Å². The maximum absolute atomic E-state index is 12.3. The molecule has 0 saturated heterocycles. The van der Waals surface area contributed by atoms with E-state index in [0.29, 0.717) is 31.0 Å². The molecule has 7 heteroatoms. The number of carbonyl (C=O) groups is 1. The summed E-state index contributed by atoms with van der Waals surface area (Å²) < 4.78 is 10.6. The largest absolute Gasteiger partial charge is 0.496 e. The minimum absolute atomic E-state index is 0.212. The molecule has 0 aliphatic heterocycles. The van der Waals surface area contributed by atoms with Crippen LogP contribution in [0.3, 0.4) is 0 Å². The third-order valence-electron chi connectivity index (χ3n) is 4.42. The SMILES string of the molecule is COc1ccccc1CCNC(=O)c1cnc(NCc2ccccc2OC)nc1. The maximum atomic E-state index is 12.3. The van der Waals surface area contributed by atoms with Gasteiger partial charge in [0.1, 0.15) is 11.5 Å². The van der Waals surface area contributed by atoms with Gasteiger partial charge in [-0.25, -0.2) is 9.97 Å². The average molecular weight is 392 g/mol. The number of aromatic nitrogens is 2. The van der Waals surface area contributed by atoms with E-state index in [2.05, 4.69) is 20.6 Å². The maximum Gasteiger partial charge on any atom is 0.254 e. The van der Waals surface area contributed by atoms with Gasteiger partial charge in [0.05, 0.1) is 19.8 Å². The predicted molar refractivity (Wildman–Crippen MR) is 111 cm³/mol. The molecule has 0 atom stereocenters. The number of amides is 1. The summed E-state index contributed by atoms with van der Waals surface area (Å²) >= 11 is 0. The summed E-state index contributed by atoms with van der Waals surface area (Å²) in [6.45, 7) is 1.02. The Hall–Kier alpha value is -3.61. The second-order valence-corrected chi connectivity index (χ2v) is 6.28. The topological polar surface area (TPSA) is 85.4 Å². The van der Waals surface area contributed by atoms with Crippen LogP contribution in [0.15, 0.2) is 60.9 Å². The van der Waals surface area contributed by atoms with Crippen molar-refractivity contribution in [1.82, 2.24) is 15.3 Å². The smallest absolute Gasteiger partial charge is 0.254 e. The van der Waals surface area contributed by atoms with Gasteiger partial charge in [0.25, 0.3) is 5.91 Å². The van der Waals surface area contributed by atoms with Crippen molar-refractivity contribution in [1.29, 1.82) is 0 Å². The van der Waals surface area contributed by atoms with E-state index in [-0.39, 0.29) is 5.91 Å². The highest BCUT2D eigenvalue weighted by atomic mass is 16.5. The number of ether oxygens (including phenoxy) is 2. The molecule has 1 aromatic heterocycles. The van der Waals surface area contributed by atoms with Crippen LogP contribution in [0, 0.1) is 0 Å². The number of para-hydroxylation sites is 2. The zero-order chi connectivity index (χ0) is 20.5. The Balaban J connectivity index is 1.51. The van der Waals surface area contributed by atoms with Crippen LogP contribution in [-0.4, -0.2) is 36.6 Å². The number of carbonyl (C=O) groups excluding carboxylic acids is 1. The highest BCUT2D eigenvalue weighted by Gasteiger charge is 2.08. The molecule has 0 aliphatic rings. The van der Waals surface area contributed by atoms with Crippen LogP contribution in [0.5, 0.6) is 11.5 Å². The lowest BCUT2D eigenvalue weighted by Gasteiger charge is -2.10. The van der Waals surface area contributed by atoms with Gasteiger partial charge < -0.3 is 20.1 Å². The van der Waals surface area contributed by atoms with E-state index < -0.39 is 0 Å². The third kappa shape index (κ3) is 5.44. The first-order valence-electron chi connectivity index (χ1n) is 9.29. The fraction of sp³-hybridized carbons (Fsp3) is 0.227. The van der Waals surface area contributed by atoms with E-state index in [4.69, 9.17) is 9.47 Å². The molecule has 0 aliphatic carbocycles. The molecule has 0 spiro atoms. The van der Waals surface area contributed by atoms with E-state index >= 15 is 0 Å². The van der Waals surface area contributed by atoms with Crippen LogP contribution < -0.4 is 20.1 Å². The van der Waals surface area contributed by atoms with Crippen molar-refractivity contribution in [2.45, 2.75) is 13.0 Å². The van der Waals surface area contributed by atoms with Crippen molar-refractivity contribution in [3.63, 3.8) is 0 Å². The van der Waals surface area contributed by atoms with Crippen LogP contribution >= 0.6 is 0 Å². The molecule has 3 rings (SSSR count). The van der Waals surface area contributed by atoms with Crippen molar-refractivity contribution >= 4 is 11.9 Å². The van der Waals surface area contributed by atoms with Gasteiger partial charge in [-0.2, -0.15) is 0 Å². The molecule has 1 heterocycles. The first-order valence-corrected chi connectivity index (χ1v) is 9.29. The Kier molecular flexibility index (Phi) is 7.00. The first-order chi connectivity index (χ1) is 14.2. The molecule has 2 aromatic carbocycles. The molecule has 0 bridgehead atoms. The van der Waals surface area contributed by atoms with E-state index in [1.165, 1.54) is 12.4 Å². The monoisotopic (exact) mass is 392 g/mol. The van der Waals surface area contributed by atoms with Gasteiger partial charge in [0.2, 0.25) is 5.95 Å². The van der Waals surface area contributed by atoms with Gasteiger partial charge in [0.15, 0.2) is 0 Å². The Morgan fingerprint density at radius 2 is 1.48 bits per heavy atom. The van der Waals surface area contributed by atoms with Crippen molar-refractivity contribution in [2.75, 3.05) is 26.1 Å². The molecular weight excluding hydrogens is 368 g/mol. The highest BCUT2D eigenvalue weighted by molar-refractivity contribution is 5.93. The molecule has 0 unspecified atom stereocenters. The zero-order valence-electron chi connectivity index (χ0n) is 16.5. The summed E-state index contributed by atoms with van der Waals surface area (Å²) in [5.41, 5.74) is 2.45. The van der Waals surface area contributed by atoms with Crippen LogP contribution in [0.1, 0.15) is 21.5 Å². The van der Waals surface area contributed by atoms with Crippen LogP contribution in [0.4, 0.5) is 5.95 Å². The summed E-state index contributed by atoms with van der Waals surface area (Å²) in [6, 6.07) is 15.5. The third-order valence-corrected chi connectivity index (χ3v) is 4.42. The molecule has 150 valence electrons. The summed E-state index contributed by atoms with van der Waals surface area (Å²) in [6.07, 6.45) is 3.70. The van der Waals surface area contributed by atoms with Crippen molar-refractivity contribution < 1.29 is 14.3 Å². The number of hydrogen-bond acceptors (Lipinski definition) is 6. The molecule has 1 amide bonds. The van der Waals surface area contributed by atoms with E-state index in [9.17, 15) is 4.79 Å². The normalized spacial score (nSPS) is 10.3. The van der Waals surface area contributed by atoms with E-state index in [1.807, 2.05) is 48.5 Å². The summed E-state index contributed by atoms with van der Waals surface area (Å²) in [7, 11) is 3.27. The lowest BCUT2D eigenvalue weighted by atomic mass is 10.1. The Morgan fingerprint density at radius 1 is 0.897 bits per heavy atom. The number of rotatable bonds is 9. The average Bonchev–Trinajstić information content (AvgIpc) is 2.78. The molecular formula is C22H24N4O3. The minimum atomic E-state index is -0.212. The van der Waals surface area contributed by atoms with Gasteiger partial charge in [-0.05, 0) is 24.1 Å². The minimum Gasteiger partial charge on any atom is -0.496 e. The molecule has 2 N–H and O–H groups in total. The quantitative estimate of drug-likeness (QED) is 0.582. The Bertz CT molecular complexity index is 945. The molecule has 7 nitrogen and oxygen atoms in total. The zero-order valence-corrected chi connectivity index (χ0v) is 16.5. The number of nitrogens with one attached hydrogen (secondary N) is 2. The van der Waals surface area contributed by atoms with Gasteiger partial charge in [0, 0.05) is 31.0 Å². The number of benzene rings is 2. The fourth-order valence-electron chi connectivity index (χ4n) is 2.88. The molecule has 0 fully saturated rings. The molecule has 0 radical (unpaired) electrons. The number of hydrogen-bond donors (Lipinski definition) is 2. The summed E-state index contributed by atoms with van der Waals surface area (Å²) in [5.74, 6) is 1.85. The fourth-order valence-corrected chi connectivity index (χ4v) is 2.88. The second kappa shape index (κ2) is 10.1. The standard InChI is InChI=1S/C22H24N4O3/c1-28-19-9-5-3-7-16(19)11-12-23-21(27)18-14-25-22(26-15-18)24-13-17-8-4-6-10-20(17)29-2/h3-10,14-15H,11-13H2,1-2H3,(H,23,27)(H,24,25,26). The highest BCUT2D eigenvalue weighted by Crippen LogP contribution is 2.18. The van der Waals surface area contributed by atoms with Gasteiger partial charge in [-0.3, -0.25) is 4.79 Å². The van der Waals surface area contributed by atoms with Crippen LogP contribution in [0.25, 0.3) is 0 Å². The summed E-state index contributed by atoms with van der Waals surface area (Å²) in [5, 5.41) is 6.01. The second-order valence-electron chi connectivity index (χ2n) is 6.28. The lowest BCUT2D eigenvalue weighted by molar-refractivity contribution is 0.0953. The lowest BCUT2D eigenvalue weighted by Crippen LogP contribution is -2.26. The molecule has 3 aromatic rings. The van der Waals surface area contributed by atoms with Crippen LogP contribution in [-0.2, 0) is 13.0 Å². The number of nitrogens with zero attached hydrogens (tertiary/aromatic N) is 2. The van der Waals surface area contributed by atoms with Gasteiger partial charge in [-0.1, -0.05) is 36.4 Å². The Morgan fingerprint density at radius 3 is 2.14 bits per heavy atom.